The van der Waals surface area contributed by atoms with Crippen molar-refractivity contribution in [3.05, 3.63) is 109 Å². The van der Waals surface area contributed by atoms with Crippen LogP contribution in [-0.2, 0) is 15.1 Å². The summed E-state index contributed by atoms with van der Waals surface area (Å²) in [5.74, 6) is -0.900. The topological polar surface area (TPSA) is 46.5 Å². The van der Waals surface area contributed by atoms with Crippen LogP contribution >= 0.6 is 0 Å². The van der Waals surface area contributed by atoms with Gasteiger partial charge < -0.3 is 9.84 Å². The third-order valence-corrected chi connectivity index (χ3v) is 3.92. The Morgan fingerprint density at radius 3 is 1.92 bits per heavy atom. The fourth-order valence-electron chi connectivity index (χ4n) is 2.84. The van der Waals surface area contributed by atoms with E-state index in [1.54, 1.807) is 12.2 Å². The van der Waals surface area contributed by atoms with Crippen molar-refractivity contribution in [1.29, 1.82) is 0 Å². The maximum Gasteiger partial charge on any atom is 0.305 e. The summed E-state index contributed by atoms with van der Waals surface area (Å²) in [6, 6.07) is 19.5. The normalized spacial score (nSPS) is 11.8. The molecule has 0 spiro atoms. The summed E-state index contributed by atoms with van der Waals surface area (Å²) in [6.07, 6.45) is 5.16. The highest BCUT2D eigenvalue weighted by Crippen LogP contribution is 2.41. The highest BCUT2D eigenvalue weighted by atomic mass is 16.5. The molecule has 0 saturated carbocycles. The molecule has 128 valence electrons. The number of carboxylic acid groups (broad SMARTS) is 1. The van der Waals surface area contributed by atoms with Crippen LogP contribution in [-0.4, -0.2) is 17.7 Å². The number of benzene rings is 2. The Labute approximate surface area is 148 Å². The number of aliphatic carboxylic acids is 1. The Morgan fingerprint density at radius 1 is 1.00 bits per heavy atom. The fourth-order valence-corrected chi connectivity index (χ4v) is 2.84. The first kappa shape index (κ1) is 18.4. The van der Waals surface area contributed by atoms with E-state index >= 15 is 0 Å². The summed E-state index contributed by atoms with van der Waals surface area (Å²) >= 11 is 0. The van der Waals surface area contributed by atoms with Crippen LogP contribution < -0.4 is 0 Å². The Kier molecular flexibility index (Phi) is 6.49. The molecular formula is C22H22O3. The molecule has 0 aliphatic rings. The van der Waals surface area contributed by atoms with Crippen LogP contribution in [0.3, 0.4) is 0 Å². The molecule has 3 heteroatoms. The molecule has 2 rings (SSSR count). The van der Waals surface area contributed by atoms with Crippen molar-refractivity contribution in [2.24, 2.45) is 0 Å². The molecule has 25 heavy (non-hydrogen) atoms. The summed E-state index contributed by atoms with van der Waals surface area (Å²) in [5.41, 5.74) is 1.65. The van der Waals surface area contributed by atoms with Gasteiger partial charge in [-0.3, -0.25) is 4.79 Å². The first-order chi connectivity index (χ1) is 12.1. The lowest BCUT2D eigenvalue weighted by Crippen LogP contribution is -2.34. The Bertz CT molecular complexity index is 706. The molecule has 2 aromatic rings. The Morgan fingerprint density at radius 2 is 1.52 bits per heavy atom. The molecule has 0 aliphatic heterocycles. The molecule has 0 aliphatic carbocycles. The minimum Gasteiger partial charge on any atom is -0.481 e. The van der Waals surface area contributed by atoms with Gasteiger partial charge in [0.05, 0.1) is 13.0 Å². The van der Waals surface area contributed by atoms with Crippen molar-refractivity contribution in [1.82, 2.24) is 0 Å². The summed E-state index contributed by atoms with van der Waals surface area (Å²) < 4.78 is 6.25. The summed E-state index contributed by atoms with van der Waals surface area (Å²) in [4.78, 5) is 11.0. The smallest absolute Gasteiger partial charge is 0.305 e. The van der Waals surface area contributed by atoms with Crippen LogP contribution in [0.1, 0.15) is 17.5 Å². The van der Waals surface area contributed by atoms with Gasteiger partial charge in [-0.1, -0.05) is 92.0 Å². The Hall–Kier alpha value is -2.91. The van der Waals surface area contributed by atoms with Gasteiger partial charge in [-0.05, 0) is 16.7 Å². The van der Waals surface area contributed by atoms with E-state index in [0.717, 1.165) is 16.7 Å². The van der Waals surface area contributed by atoms with Crippen molar-refractivity contribution < 1.29 is 14.6 Å². The van der Waals surface area contributed by atoms with Crippen LogP contribution in [0.15, 0.2) is 97.6 Å². The van der Waals surface area contributed by atoms with E-state index in [0.29, 0.717) is 0 Å². The third-order valence-electron chi connectivity index (χ3n) is 3.92. The summed E-state index contributed by atoms with van der Waals surface area (Å²) in [7, 11) is 0. The van der Waals surface area contributed by atoms with E-state index in [1.165, 1.54) is 0 Å². The maximum atomic E-state index is 11.0. The zero-order valence-corrected chi connectivity index (χ0v) is 14.1. The summed E-state index contributed by atoms with van der Waals surface area (Å²) in [6.45, 7) is 7.78. The molecular weight excluding hydrogens is 312 g/mol. The van der Waals surface area contributed by atoms with Crippen LogP contribution in [0.2, 0.25) is 0 Å². The average Bonchev–Trinajstić information content (AvgIpc) is 2.65. The van der Waals surface area contributed by atoms with Crippen molar-refractivity contribution in [3.63, 3.8) is 0 Å². The molecule has 0 heterocycles. The van der Waals surface area contributed by atoms with E-state index < -0.39 is 11.6 Å². The predicted octanol–water partition coefficient (Wildman–Crippen LogP) is 4.72. The van der Waals surface area contributed by atoms with Crippen LogP contribution in [0, 0.1) is 0 Å². The van der Waals surface area contributed by atoms with Crippen LogP contribution in [0.5, 0.6) is 0 Å². The minimum absolute atomic E-state index is 0.0709. The number of hydrogen-bond donors (Lipinski definition) is 1. The van der Waals surface area contributed by atoms with E-state index in [1.807, 2.05) is 66.7 Å². The third kappa shape index (κ3) is 4.14. The molecule has 0 atom stereocenters. The molecule has 3 nitrogen and oxygen atoms in total. The molecule has 0 amide bonds. The second-order valence-electron chi connectivity index (χ2n) is 5.47. The molecule has 0 unspecified atom stereocenters. The van der Waals surface area contributed by atoms with Gasteiger partial charge in [0, 0.05) is 0 Å². The molecule has 0 fully saturated rings. The van der Waals surface area contributed by atoms with E-state index in [-0.39, 0.29) is 13.0 Å². The fraction of sp³-hybridized carbons (Fsp3) is 0.136. The van der Waals surface area contributed by atoms with E-state index in [9.17, 15) is 4.79 Å². The van der Waals surface area contributed by atoms with Crippen molar-refractivity contribution in [2.75, 3.05) is 6.61 Å². The second-order valence-corrected chi connectivity index (χ2v) is 5.47. The number of carbonyl (C=O) groups is 1. The van der Waals surface area contributed by atoms with Crippen molar-refractivity contribution >= 4 is 5.97 Å². The van der Waals surface area contributed by atoms with E-state index in [2.05, 4.69) is 13.2 Å². The first-order valence-corrected chi connectivity index (χ1v) is 8.07. The maximum absolute atomic E-state index is 11.0. The minimum atomic E-state index is -0.950. The number of ether oxygens (including phenoxy) is 1. The van der Waals surface area contributed by atoms with E-state index in [4.69, 9.17) is 9.84 Å². The van der Waals surface area contributed by atoms with Gasteiger partial charge in [-0.2, -0.15) is 0 Å². The van der Waals surface area contributed by atoms with Gasteiger partial charge >= 0.3 is 5.97 Å². The van der Waals surface area contributed by atoms with Gasteiger partial charge in [0.15, 0.2) is 0 Å². The largest absolute Gasteiger partial charge is 0.481 e. The van der Waals surface area contributed by atoms with Gasteiger partial charge in [-0.25, -0.2) is 0 Å². The van der Waals surface area contributed by atoms with Gasteiger partial charge in [0.2, 0.25) is 0 Å². The van der Waals surface area contributed by atoms with Gasteiger partial charge in [-0.15, -0.1) is 0 Å². The molecule has 0 radical (unpaired) electrons. The zero-order valence-electron chi connectivity index (χ0n) is 14.1. The second kappa shape index (κ2) is 8.81. The lowest BCUT2D eigenvalue weighted by Gasteiger charge is -2.36. The van der Waals surface area contributed by atoms with Crippen molar-refractivity contribution in [2.45, 2.75) is 12.0 Å². The monoisotopic (exact) mass is 334 g/mol. The quantitative estimate of drug-likeness (QED) is 0.675. The highest BCUT2D eigenvalue weighted by molar-refractivity contribution is 5.66. The Balaban J connectivity index is 2.68. The summed E-state index contributed by atoms with van der Waals surface area (Å²) in [5, 5.41) is 9.02. The predicted molar refractivity (Wildman–Crippen MR) is 100 cm³/mol. The standard InChI is InChI=1S/C22H22O3/c1-3-11-18(4-2)22(25-17-16-21(23)24,19-12-7-5-8-13-19)20-14-9-6-10-15-20/h3-15H,1-2,16-17H2,(H,23,24)/b18-11+. The zero-order chi connectivity index (χ0) is 18.1. The van der Waals surface area contributed by atoms with Crippen LogP contribution in [0.4, 0.5) is 0 Å². The molecule has 1 N–H and O–H groups in total. The van der Waals surface area contributed by atoms with Crippen molar-refractivity contribution in [3.8, 4) is 0 Å². The van der Waals surface area contributed by atoms with Gasteiger partial charge in [0.25, 0.3) is 0 Å². The highest BCUT2D eigenvalue weighted by Gasteiger charge is 2.38. The average molecular weight is 334 g/mol. The SMILES string of the molecule is C=C/C=C(\C=C)C(OCCC(=O)O)(c1ccccc1)c1ccccc1. The lowest BCUT2D eigenvalue weighted by molar-refractivity contribution is -0.139. The number of carboxylic acids is 1. The molecule has 0 bridgehead atoms. The number of rotatable bonds is 9. The number of allylic oxidation sites excluding steroid dienone is 2. The molecule has 0 aromatic heterocycles. The number of hydrogen-bond acceptors (Lipinski definition) is 2. The molecule has 2 aromatic carbocycles. The molecule has 0 saturated heterocycles. The van der Waals surface area contributed by atoms with Crippen LogP contribution in [0.25, 0.3) is 0 Å². The first-order valence-electron chi connectivity index (χ1n) is 8.07. The van der Waals surface area contributed by atoms with Gasteiger partial charge in [0.1, 0.15) is 5.60 Å². The lowest BCUT2D eigenvalue weighted by atomic mass is 9.79.